The maximum atomic E-state index is 10.1. The van der Waals surface area contributed by atoms with Crippen LogP contribution in [0.3, 0.4) is 0 Å². The number of benzene rings is 2. The summed E-state index contributed by atoms with van der Waals surface area (Å²) in [6.45, 7) is 0. The summed E-state index contributed by atoms with van der Waals surface area (Å²) in [6, 6.07) is 10.8. The molecule has 104 valence electrons. The Bertz CT molecular complexity index is 540. The van der Waals surface area contributed by atoms with Crippen LogP contribution in [0, 0.1) is 20.2 Å². The van der Waals surface area contributed by atoms with E-state index in [4.69, 9.17) is 10.8 Å². The van der Waals surface area contributed by atoms with Crippen molar-refractivity contribution >= 4 is 17.1 Å². The highest BCUT2D eigenvalue weighted by atomic mass is 16.6. The van der Waals surface area contributed by atoms with E-state index < -0.39 is 9.85 Å². The van der Waals surface area contributed by atoms with Gasteiger partial charge in [0.2, 0.25) is 0 Å². The SMILES string of the molecule is Nc1ccc([N+](=O)[O-])cc1.O=[N+]([O-])c1ccc(O)cc1. The van der Waals surface area contributed by atoms with E-state index in [1.54, 1.807) is 0 Å². The Balaban J connectivity index is 0.000000200. The summed E-state index contributed by atoms with van der Waals surface area (Å²) < 4.78 is 0. The first-order chi connectivity index (χ1) is 9.40. The molecule has 3 N–H and O–H groups in total. The molecule has 0 saturated heterocycles. The van der Waals surface area contributed by atoms with E-state index in [0.717, 1.165) is 0 Å². The van der Waals surface area contributed by atoms with E-state index in [1.165, 1.54) is 48.5 Å². The first-order valence-corrected chi connectivity index (χ1v) is 5.33. The smallest absolute Gasteiger partial charge is 0.269 e. The average Bonchev–Trinajstić information content (AvgIpc) is 2.40. The number of hydrogen-bond acceptors (Lipinski definition) is 6. The average molecular weight is 277 g/mol. The molecule has 0 aliphatic carbocycles. The van der Waals surface area contributed by atoms with Gasteiger partial charge in [-0.2, -0.15) is 0 Å². The van der Waals surface area contributed by atoms with Crippen LogP contribution in [0.5, 0.6) is 5.75 Å². The number of nitro benzene ring substituents is 2. The number of aromatic hydroxyl groups is 1. The molecule has 0 aliphatic rings. The van der Waals surface area contributed by atoms with Crippen molar-refractivity contribution in [2.24, 2.45) is 0 Å². The van der Waals surface area contributed by atoms with Gasteiger partial charge >= 0.3 is 0 Å². The molecule has 0 fully saturated rings. The fourth-order valence-corrected chi connectivity index (χ4v) is 1.17. The van der Waals surface area contributed by atoms with Crippen LogP contribution >= 0.6 is 0 Å². The van der Waals surface area contributed by atoms with Gasteiger partial charge < -0.3 is 10.8 Å². The summed E-state index contributed by atoms with van der Waals surface area (Å²) in [4.78, 5) is 19.1. The number of nitrogens with zero attached hydrogens (tertiary/aromatic N) is 2. The van der Waals surface area contributed by atoms with Gasteiger partial charge in [-0.3, -0.25) is 20.2 Å². The molecule has 0 saturated carbocycles. The number of anilines is 1. The maximum Gasteiger partial charge on any atom is 0.269 e. The first-order valence-electron chi connectivity index (χ1n) is 5.33. The predicted molar refractivity (Wildman–Crippen MR) is 72.3 cm³/mol. The second kappa shape index (κ2) is 6.69. The van der Waals surface area contributed by atoms with Crippen LogP contribution in [0.1, 0.15) is 0 Å². The molecule has 0 heterocycles. The van der Waals surface area contributed by atoms with Crippen molar-refractivity contribution in [3.05, 3.63) is 68.8 Å². The number of phenolic OH excluding ortho intramolecular Hbond substituents is 1. The molecular weight excluding hydrogens is 266 g/mol. The van der Waals surface area contributed by atoms with E-state index in [-0.39, 0.29) is 17.1 Å². The largest absolute Gasteiger partial charge is 0.508 e. The molecule has 8 heteroatoms. The van der Waals surface area contributed by atoms with Crippen molar-refractivity contribution in [1.82, 2.24) is 0 Å². The van der Waals surface area contributed by atoms with E-state index >= 15 is 0 Å². The van der Waals surface area contributed by atoms with Crippen molar-refractivity contribution < 1.29 is 15.0 Å². The zero-order valence-electron chi connectivity index (χ0n) is 10.2. The molecule has 0 radical (unpaired) electrons. The molecule has 0 bridgehead atoms. The summed E-state index contributed by atoms with van der Waals surface area (Å²) >= 11 is 0. The fraction of sp³-hybridized carbons (Fsp3) is 0. The Morgan fingerprint density at radius 2 is 1.15 bits per heavy atom. The molecule has 2 aromatic rings. The third-order valence-electron chi connectivity index (χ3n) is 2.16. The third-order valence-corrected chi connectivity index (χ3v) is 2.16. The van der Waals surface area contributed by atoms with Crippen molar-refractivity contribution in [2.45, 2.75) is 0 Å². The molecule has 0 atom stereocenters. The van der Waals surface area contributed by atoms with Gasteiger partial charge in [0.15, 0.2) is 0 Å². The van der Waals surface area contributed by atoms with Crippen molar-refractivity contribution in [1.29, 1.82) is 0 Å². The Morgan fingerprint density at radius 3 is 1.50 bits per heavy atom. The van der Waals surface area contributed by atoms with E-state index in [9.17, 15) is 20.2 Å². The number of phenols is 1. The Morgan fingerprint density at radius 1 is 0.800 bits per heavy atom. The second-order valence-corrected chi connectivity index (χ2v) is 3.62. The molecule has 0 unspecified atom stereocenters. The summed E-state index contributed by atoms with van der Waals surface area (Å²) in [5, 5.41) is 28.8. The highest BCUT2D eigenvalue weighted by Gasteiger charge is 2.02. The maximum absolute atomic E-state index is 10.1. The fourth-order valence-electron chi connectivity index (χ4n) is 1.17. The van der Waals surface area contributed by atoms with Crippen LogP contribution in [0.2, 0.25) is 0 Å². The Kier molecular flexibility index (Phi) is 4.98. The predicted octanol–water partition coefficient (Wildman–Crippen LogP) is 2.48. The van der Waals surface area contributed by atoms with Gasteiger partial charge in [0.1, 0.15) is 5.75 Å². The van der Waals surface area contributed by atoms with E-state index in [0.29, 0.717) is 5.69 Å². The topological polar surface area (TPSA) is 133 Å². The van der Waals surface area contributed by atoms with Crippen LogP contribution in [0.15, 0.2) is 48.5 Å². The summed E-state index contributed by atoms with van der Waals surface area (Å²) in [7, 11) is 0. The van der Waals surface area contributed by atoms with Gasteiger partial charge in [-0.15, -0.1) is 0 Å². The van der Waals surface area contributed by atoms with E-state index in [1.807, 2.05) is 0 Å². The summed E-state index contributed by atoms with van der Waals surface area (Å²) in [5.74, 6) is 0.0330. The molecular formula is C12H11N3O5. The Hall–Kier alpha value is -3.16. The number of nitrogens with two attached hydrogens (primary N) is 1. The molecule has 0 spiro atoms. The lowest BCUT2D eigenvalue weighted by Crippen LogP contribution is -1.88. The second-order valence-electron chi connectivity index (χ2n) is 3.62. The van der Waals surface area contributed by atoms with Crippen LogP contribution in [-0.4, -0.2) is 15.0 Å². The van der Waals surface area contributed by atoms with E-state index in [2.05, 4.69) is 0 Å². The lowest BCUT2D eigenvalue weighted by atomic mass is 10.3. The van der Waals surface area contributed by atoms with Crippen molar-refractivity contribution in [3.63, 3.8) is 0 Å². The molecule has 2 rings (SSSR count). The van der Waals surface area contributed by atoms with Crippen molar-refractivity contribution in [2.75, 3.05) is 5.73 Å². The van der Waals surface area contributed by atoms with Gasteiger partial charge in [0.05, 0.1) is 9.85 Å². The third kappa shape index (κ3) is 4.61. The monoisotopic (exact) mass is 277 g/mol. The number of hydrogen-bond donors (Lipinski definition) is 2. The van der Waals surface area contributed by atoms with Crippen LogP contribution in [-0.2, 0) is 0 Å². The highest BCUT2D eigenvalue weighted by Crippen LogP contribution is 2.15. The quantitative estimate of drug-likeness (QED) is 0.492. The standard InChI is InChI=1S/C6H6N2O2.C6H5NO3/c7-5-1-3-6(4-2-5)8(9)10;8-6-3-1-5(2-4-6)7(9)10/h1-4H,7H2;1-4,8H. The minimum absolute atomic E-state index is 0.0159. The Labute approximate surface area is 113 Å². The molecule has 0 amide bonds. The number of nitro groups is 2. The zero-order valence-corrected chi connectivity index (χ0v) is 10.2. The molecule has 20 heavy (non-hydrogen) atoms. The minimum atomic E-state index is -0.514. The zero-order chi connectivity index (χ0) is 15.1. The van der Waals surface area contributed by atoms with Crippen LogP contribution in [0.4, 0.5) is 17.1 Å². The number of rotatable bonds is 2. The lowest BCUT2D eigenvalue weighted by Gasteiger charge is -1.90. The number of nitrogen functional groups attached to an aromatic ring is 1. The lowest BCUT2D eigenvalue weighted by molar-refractivity contribution is -0.385. The normalized spacial score (nSPS) is 9.20. The van der Waals surface area contributed by atoms with Gasteiger partial charge in [0, 0.05) is 30.0 Å². The minimum Gasteiger partial charge on any atom is -0.508 e. The summed E-state index contributed by atoms with van der Waals surface area (Å²) in [6.07, 6.45) is 0. The summed E-state index contributed by atoms with van der Waals surface area (Å²) in [5.41, 5.74) is 5.89. The molecule has 0 aliphatic heterocycles. The highest BCUT2D eigenvalue weighted by molar-refractivity contribution is 5.44. The van der Waals surface area contributed by atoms with Crippen molar-refractivity contribution in [3.8, 4) is 5.75 Å². The van der Waals surface area contributed by atoms with Gasteiger partial charge in [-0.25, -0.2) is 0 Å². The molecule has 0 aromatic heterocycles. The van der Waals surface area contributed by atoms with Gasteiger partial charge in [0.25, 0.3) is 11.4 Å². The molecule has 2 aromatic carbocycles. The van der Waals surface area contributed by atoms with Crippen LogP contribution < -0.4 is 5.73 Å². The van der Waals surface area contributed by atoms with Crippen LogP contribution in [0.25, 0.3) is 0 Å². The molecule has 8 nitrogen and oxygen atoms in total. The first kappa shape index (κ1) is 14.9. The van der Waals surface area contributed by atoms with Gasteiger partial charge in [-0.1, -0.05) is 0 Å². The number of non-ortho nitro benzene ring substituents is 2. The van der Waals surface area contributed by atoms with Gasteiger partial charge in [-0.05, 0) is 24.3 Å².